The van der Waals surface area contributed by atoms with Crippen molar-refractivity contribution >= 4 is 0 Å². The maximum atomic E-state index is 2.79. The summed E-state index contributed by atoms with van der Waals surface area (Å²) in [5, 5.41) is 0. The number of likely N-dealkylation sites (N-methyl/N-ethyl adjacent to an activating group) is 1. The molecule has 4 aliphatic rings. The molecule has 3 saturated carbocycles. The number of piperazine rings is 1. The summed E-state index contributed by atoms with van der Waals surface area (Å²) in [4.78, 5) is 5.25. The van der Waals surface area contributed by atoms with Gasteiger partial charge in [-0.25, -0.2) is 0 Å². The monoisotopic (exact) mass is 208 g/mol. The Morgan fingerprint density at radius 3 is 1.93 bits per heavy atom. The van der Waals surface area contributed by atoms with Gasteiger partial charge >= 0.3 is 0 Å². The van der Waals surface area contributed by atoms with Gasteiger partial charge in [-0.2, -0.15) is 0 Å². The summed E-state index contributed by atoms with van der Waals surface area (Å²) in [5.74, 6) is 0.909. The van der Waals surface area contributed by atoms with Crippen LogP contribution in [0, 0.1) is 11.3 Å². The molecule has 0 aromatic rings. The van der Waals surface area contributed by atoms with Crippen molar-refractivity contribution in [2.75, 3.05) is 33.2 Å². The van der Waals surface area contributed by atoms with Crippen LogP contribution in [0.4, 0.5) is 0 Å². The minimum Gasteiger partial charge on any atom is -0.304 e. The Morgan fingerprint density at radius 1 is 0.933 bits per heavy atom. The number of hydrogen-bond donors (Lipinski definition) is 0. The summed E-state index contributed by atoms with van der Waals surface area (Å²) in [7, 11) is 2.25. The molecule has 86 valence electrons. The highest BCUT2D eigenvalue weighted by atomic mass is 15.3. The Morgan fingerprint density at radius 2 is 1.47 bits per heavy atom. The smallest absolute Gasteiger partial charge is 0.0226 e. The zero-order chi connectivity index (χ0) is 10.7. The Hall–Kier alpha value is -0.0800. The third-order valence-corrected chi connectivity index (χ3v) is 5.44. The Labute approximate surface area is 93.6 Å². The molecule has 0 amide bonds. The van der Waals surface area contributed by atoms with E-state index in [4.69, 9.17) is 0 Å². The standard InChI is InChI=1S/C13H24N2/c1-11(2)12-8-13(9-12,10-12)15-6-4-14(3)5-7-15/h11H,4-10H2,1-3H3. The van der Waals surface area contributed by atoms with Gasteiger partial charge < -0.3 is 4.90 Å². The van der Waals surface area contributed by atoms with Crippen LogP contribution >= 0.6 is 0 Å². The Kier molecular flexibility index (Phi) is 2.01. The summed E-state index contributed by atoms with van der Waals surface area (Å²) in [5.41, 5.74) is 1.44. The van der Waals surface area contributed by atoms with Crippen molar-refractivity contribution in [3.05, 3.63) is 0 Å². The third kappa shape index (κ3) is 1.24. The molecular weight excluding hydrogens is 184 g/mol. The van der Waals surface area contributed by atoms with Crippen molar-refractivity contribution in [3.63, 3.8) is 0 Å². The van der Waals surface area contributed by atoms with Crippen LogP contribution in [0.1, 0.15) is 33.1 Å². The van der Waals surface area contributed by atoms with E-state index in [2.05, 4.69) is 30.7 Å². The molecule has 15 heavy (non-hydrogen) atoms. The maximum Gasteiger partial charge on any atom is 0.0226 e. The van der Waals surface area contributed by atoms with Crippen molar-refractivity contribution in [1.82, 2.24) is 9.80 Å². The fraction of sp³-hybridized carbons (Fsp3) is 1.00. The molecule has 0 aromatic heterocycles. The molecule has 1 aliphatic heterocycles. The van der Waals surface area contributed by atoms with Gasteiger partial charge in [-0.3, -0.25) is 4.90 Å². The second-order valence-electron chi connectivity index (χ2n) is 6.56. The van der Waals surface area contributed by atoms with Crippen molar-refractivity contribution in [1.29, 1.82) is 0 Å². The minimum absolute atomic E-state index is 0.672. The molecule has 3 aliphatic carbocycles. The first-order valence-electron chi connectivity index (χ1n) is 6.50. The predicted octanol–water partition coefficient (Wildman–Crippen LogP) is 1.81. The molecule has 0 N–H and O–H groups in total. The van der Waals surface area contributed by atoms with E-state index in [1.165, 1.54) is 45.4 Å². The molecule has 2 nitrogen and oxygen atoms in total. The lowest BCUT2D eigenvalue weighted by molar-refractivity contribution is -0.246. The molecule has 1 heterocycles. The summed E-state index contributed by atoms with van der Waals surface area (Å²) in [6.07, 6.45) is 4.50. The van der Waals surface area contributed by atoms with Gasteiger partial charge in [-0.15, -0.1) is 0 Å². The van der Waals surface area contributed by atoms with E-state index in [0.717, 1.165) is 11.3 Å². The van der Waals surface area contributed by atoms with Crippen molar-refractivity contribution in [2.45, 2.75) is 38.6 Å². The van der Waals surface area contributed by atoms with E-state index in [9.17, 15) is 0 Å². The molecule has 0 aromatic carbocycles. The van der Waals surface area contributed by atoms with Crippen LogP contribution in [0.3, 0.4) is 0 Å². The predicted molar refractivity (Wildman–Crippen MR) is 62.9 cm³/mol. The van der Waals surface area contributed by atoms with Crippen molar-refractivity contribution in [3.8, 4) is 0 Å². The molecule has 0 unspecified atom stereocenters. The molecule has 4 fully saturated rings. The largest absolute Gasteiger partial charge is 0.304 e. The highest BCUT2D eigenvalue weighted by molar-refractivity contribution is 5.24. The van der Waals surface area contributed by atoms with Crippen molar-refractivity contribution in [2.24, 2.45) is 11.3 Å². The summed E-state index contributed by atoms with van der Waals surface area (Å²) < 4.78 is 0. The fourth-order valence-corrected chi connectivity index (χ4v) is 4.04. The van der Waals surface area contributed by atoms with E-state index in [0.29, 0.717) is 5.54 Å². The van der Waals surface area contributed by atoms with Gasteiger partial charge in [0.25, 0.3) is 0 Å². The van der Waals surface area contributed by atoms with Gasteiger partial charge in [-0.05, 0) is 37.6 Å². The number of rotatable bonds is 2. The van der Waals surface area contributed by atoms with E-state index < -0.39 is 0 Å². The second-order valence-corrected chi connectivity index (χ2v) is 6.56. The number of nitrogens with zero attached hydrogens (tertiary/aromatic N) is 2. The van der Waals surface area contributed by atoms with Gasteiger partial charge in [0.1, 0.15) is 0 Å². The van der Waals surface area contributed by atoms with Gasteiger partial charge in [-0.1, -0.05) is 13.8 Å². The SMILES string of the molecule is CC(C)C12CC(N3CCN(C)CC3)(C1)C2. The van der Waals surface area contributed by atoms with Gasteiger partial charge in [0.2, 0.25) is 0 Å². The first-order valence-corrected chi connectivity index (χ1v) is 6.50. The van der Waals surface area contributed by atoms with Crippen molar-refractivity contribution < 1.29 is 0 Å². The highest BCUT2D eigenvalue weighted by Crippen LogP contribution is 2.72. The molecule has 0 radical (unpaired) electrons. The molecule has 0 spiro atoms. The Balaban J connectivity index is 1.59. The maximum absolute atomic E-state index is 2.79. The zero-order valence-corrected chi connectivity index (χ0v) is 10.4. The average molecular weight is 208 g/mol. The highest BCUT2D eigenvalue weighted by Gasteiger charge is 2.70. The van der Waals surface area contributed by atoms with E-state index in [1.807, 2.05) is 0 Å². The summed E-state index contributed by atoms with van der Waals surface area (Å²) >= 11 is 0. The third-order valence-electron chi connectivity index (χ3n) is 5.44. The van der Waals surface area contributed by atoms with Gasteiger partial charge in [0.05, 0.1) is 0 Å². The summed E-state index contributed by atoms with van der Waals surface area (Å²) in [6.45, 7) is 9.99. The van der Waals surface area contributed by atoms with Crippen LogP contribution in [0.5, 0.6) is 0 Å². The van der Waals surface area contributed by atoms with Crippen LogP contribution < -0.4 is 0 Å². The minimum atomic E-state index is 0.672. The van der Waals surface area contributed by atoms with Crippen LogP contribution in [0.25, 0.3) is 0 Å². The number of hydrogen-bond acceptors (Lipinski definition) is 2. The normalized spacial score (nSPS) is 46.4. The van der Waals surface area contributed by atoms with Crippen LogP contribution in [0.2, 0.25) is 0 Å². The van der Waals surface area contributed by atoms with Crippen LogP contribution in [-0.4, -0.2) is 48.6 Å². The van der Waals surface area contributed by atoms with Crippen LogP contribution in [0.15, 0.2) is 0 Å². The molecule has 4 rings (SSSR count). The quantitative estimate of drug-likeness (QED) is 0.683. The van der Waals surface area contributed by atoms with Crippen LogP contribution in [-0.2, 0) is 0 Å². The fourth-order valence-electron chi connectivity index (χ4n) is 4.04. The summed E-state index contributed by atoms with van der Waals surface area (Å²) in [6, 6.07) is 0. The zero-order valence-electron chi connectivity index (χ0n) is 10.4. The van der Waals surface area contributed by atoms with E-state index in [1.54, 1.807) is 0 Å². The Bertz CT molecular complexity index is 244. The lowest BCUT2D eigenvalue weighted by atomic mass is 9.35. The molecule has 1 saturated heterocycles. The van der Waals surface area contributed by atoms with E-state index in [-0.39, 0.29) is 0 Å². The first kappa shape index (κ1) is 10.1. The van der Waals surface area contributed by atoms with E-state index >= 15 is 0 Å². The molecule has 0 atom stereocenters. The molecule has 2 heteroatoms. The van der Waals surface area contributed by atoms with Gasteiger partial charge in [0, 0.05) is 31.7 Å². The lowest BCUT2D eigenvalue weighted by Crippen LogP contribution is -2.77. The second kappa shape index (κ2) is 2.98. The van der Waals surface area contributed by atoms with Gasteiger partial charge in [0.15, 0.2) is 0 Å². The first-order chi connectivity index (χ1) is 7.06. The average Bonchev–Trinajstić information content (AvgIpc) is 2.02. The molecular formula is C13H24N2. The topological polar surface area (TPSA) is 6.48 Å². The lowest BCUT2D eigenvalue weighted by Gasteiger charge is -2.76. The molecule has 2 bridgehead atoms.